The van der Waals surface area contributed by atoms with Gasteiger partial charge in [0.25, 0.3) is 5.91 Å². The monoisotopic (exact) mass is 342 g/mol. The van der Waals surface area contributed by atoms with E-state index in [4.69, 9.17) is 9.47 Å². The largest absolute Gasteiger partial charge is 0.496 e. The van der Waals surface area contributed by atoms with Gasteiger partial charge in [-0.25, -0.2) is 0 Å². The molecular formula is C17H27ClN2O3. The first-order valence-electron chi connectivity index (χ1n) is 7.86. The molecule has 0 bridgehead atoms. The molecule has 1 unspecified atom stereocenters. The lowest BCUT2D eigenvalue weighted by Crippen LogP contribution is -2.42. The van der Waals surface area contributed by atoms with Crippen molar-refractivity contribution < 1.29 is 14.3 Å². The van der Waals surface area contributed by atoms with Crippen molar-refractivity contribution in [1.29, 1.82) is 0 Å². The zero-order chi connectivity index (χ0) is 16.1. The molecule has 0 aromatic heterocycles. The molecule has 1 aromatic rings. The zero-order valence-corrected chi connectivity index (χ0v) is 15.2. The van der Waals surface area contributed by atoms with Crippen LogP contribution in [0.2, 0.25) is 0 Å². The van der Waals surface area contributed by atoms with Crippen LogP contribution in [0.3, 0.4) is 0 Å². The van der Waals surface area contributed by atoms with Crippen LogP contribution in [0, 0.1) is 6.92 Å². The van der Waals surface area contributed by atoms with E-state index in [1.54, 1.807) is 14.2 Å². The molecule has 0 radical (unpaired) electrons. The van der Waals surface area contributed by atoms with Crippen LogP contribution in [0.4, 0.5) is 0 Å². The summed E-state index contributed by atoms with van der Waals surface area (Å²) in [6.07, 6.45) is 1.95. The molecule has 23 heavy (non-hydrogen) atoms. The summed E-state index contributed by atoms with van der Waals surface area (Å²) in [5.41, 5.74) is 1.53. The van der Waals surface area contributed by atoms with Crippen molar-refractivity contribution in [1.82, 2.24) is 10.2 Å². The van der Waals surface area contributed by atoms with Crippen molar-refractivity contribution in [2.75, 3.05) is 33.9 Å². The Bertz CT molecular complexity index is 506. The van der Waals surface area contributed by atoms with Gasteiger partial charge >= 0.3 is 0 Å². The number of benzene rings is 1. The number of hydrogen-bond donors (Lipinski definition) is 1. The molecule has 1 fully saturated rings. The smallest absolute Gasteiger partial charge is 0.254 e. The van der Waals surface area contributed by atoms with Gasteiger partial charge < -0.3 is 19.7 Å². The minimum absolute atomic E-state index is 0. The normalized spacial score (nSPS) is 16.6. The molecular weight excluding hydrogens is 316 g/mol. The Morgan fingerprint density at radius 2 is 1.91 bits per heavy atom. The van der Waals surface area contributed by atoms with Crippen molar-refractivity contribution in [2.24, 2.45) is 0 Å². The summed E-state index contributed by atoms with van der Waals surface area (Å²) < 4.78 is 10.8. The molecule has 0 saturated carbocycles. The molecule has 1 saturated heterocycles. The summed E-state index contributed by atoms with van der Waals surface area (Å²) in [7, 11) is 3.22. The Hall–Kier alpha value is -1.46. The number of carbonyl (C=O) groups excluding carboxylic acids is 1. The molecule has 2 rings (SSSR count). The van der Waals surface area contributed by atoms with E-state index in [0.29, 0.717) is 17.1 Å². The van der Waals surface area contributed by atoms with Crippen LogP contribution in [0.15, 0.2) is 12.1 Å². The van der Waals surface area contributed by atoms with Crippen molar-refractivity contribution in [3.8, 4) is 11.5 Å². The van der Waals surface area contributed by atoms with E-state index in [2.05, 4.69) is 12.2 Å². The van der Waals surface area contributed by atoms with Crippen LogP contribution >= 0.6 is 12.4 Å². The first kappa shape index (κ1) is 19.6. The fourth-order valence-corrected chi connectivity index (χ4v) is 2.97. The van der Waals surface area contributed by atoms with E-state index < -0.39 is 0 Å². The number of nitrogens with one attached hydrogen (secondary N) is 1. The van der Waals surface area contributed by atoms with Gasteiger partial charge in [-0.3, -0.25) is 4.79 Å². The molecule has 1 aliphatic rings. The van der Waals surface area contributed by atoms with E-state index in [9.17, 15) is 4.79 Å². The molecule has 1 heterocycles. The Balaban J connectivity index is 0.00000264. The van der Waals surface area contributed by atoms with E-state index in [0.717, 1.165) is 38.0 Å². The van der Waals surface area contributed by atoms with Gasteiger partial charge in [0.15, 0.2) is 0 Å². The minimum Gasteiger partial charge on any atom is -0.496 e. The van der Waals surface area contributed by atoms with Gasteiger partial charge in [0.1, 0.15) is 11.5 Å². The van der Waals surface area contributed by atoms with Crippen LogP contribution in [-0.2, 0) is 0 Å². The molecule has 1 amide bonds. The quantitative estimate of drug-likeness (QED) is 0.863. The summed E-state index contributed by atoms with van der Waals surface area (Å²) >= 11 is 0. The molecule has 1 aliphatic heterocycles. The highest BCUT2D eigenvalue weighted by atomic mass is 35.5. The van der Waals surface area contributed by atoms with Crippen LogP contribution < -0.4 is 14.8 Å². The van der Waals surface area contributed by atoms with Crippen molar-refractivity contribution in [3.63, 3.8) is 0 Å². The van der Waals surface area contributed by atoms with E-state index in [-0.39, 0.29) is 24.4 Å². The second-order valence-electron chi connectivity index (χ2n) is 5.65. The number of ether oxygens (including phenoxy) is 2. The van der Waals surface area contributed by atoms with Gasteiger partial charge in [0.2, 0.25) is 0 Å². The number of hydrogen-bond acceptors (Lipinski definition) is 4. The predicted molar refractivity (Wildman–Crippen MR) is 94.1 cm³/mol. The fourth-order valence-electron chi connectivity index (χ4n) is 2.97. The first-order valence-corrected chi connectivity index (χ1v) is 7.86. The first-order chi connectivity index (χ1) is 10.6. The van der Waals surface area contributed by atoms with Crippen LogP contribution in [-0.4, -0.2) is 50.7 Å². The van der Waals surface area contributed by atoms with Crippen LogP contribution in [0.1, 0.15) is 35.7 Å². The summed E-state index contributed by atoms with van der Waals surface area (Å²) in [5.74, 6) is 1.42. The Kier molecular flexibility index (Phi) is 7.65. The second-order valence-corrected chi connectivity index (χ2v) is 5.65. The zero-order valence-electron chi connectivity index (χ0n) is 14.3. The maximum atomic E-state index is 13.0. The van der Waals surface area contributed by atoms with Crippen molar-refractivity contribution in [3.05, 3.63) is 23.3 Å². The number of nitrogens with zero attached hydrogens (tertiary/aromatic N) is 1. The third-order valence-corrected chi connectivity index (χ3v) is 4.20. The van der Waals surface area contributed by atoms with Gasteiger partial charge in [0, 0.05) is 30.3 Å². The number of halogens is 1. The predicted octanol–water partition coefficient (Wildman–Crippen LogP) is 2.65. The average molecular weight is 343 g/mol. The van der Waals surface area contributed by atoms with Gasteiger partial charge in [-0.2, -0.15) is 0 Å². The van der Waals surface area contributed by atoms with Crippen LogP contribution in [0.25, 0.3) is 0 Å². The Morgan fingerprint density at radius 1 is 1.30 bits per heavy atom. The van der Waals surface area contributed by atoms with E-state index in [1.807, 2.05) is 24.0 Å². The summed E-state index contributed by atoms with van der Waals surface area (Å²) in [6.45, 7) is 6.63. The maximum Gasteiger partial charge on any atom is 0.254 e. The van der Waals surface area contributed by atoms with Gasteiger partial charge in [0.05, 0.1) is 14.2 Å². The molecule has 0 aliphatic carbocycles. The maximum absolute atomic E-state index is 13.0. The van der Waals surface area contributed by atoms with Crippen LogP contribution in [0.5, 0.6) is 11.5 Å². The van der Waals surface area contributed by atoms with Gasteiger partial charge in [-0.1, -0.05) is 6.92 Å². The number of carbonyl (C=O) groups is 1. The lowest BCUT2D eigenvalue weighted by molar-refractivity contribution is 0.0691. The average Bonchev–Trinajstić information content (AvgIpc) is 3.06. The molecule has 5 nitrogen and oxygen atoms in total. The number of rotatable bonds is 6. The van der Waals surface area contributed by atoms with Crippen molar-refractivity contribution >= 4 is 18.3 Å². The fraction of sp³-hybridized carbons (Fsp3) is 0.588. The summed E-state index contributed by atoms with van der Waals surface area (Å²) in [6, 6.07) is 3.89. The highest BCUT2D eigenvalue weighted by Crippen LogP contribution is 2.30. The third kappa shape index (κ3) is 4.30. The minimum atomic E-state index is 0. The molecule has 1 N–H and O–H groups in total. The molecule has 1 atom stereocenters. The summed E-state index contributed by atoms with van der Waals surface area (Å²) in [5, 5.41) is 3.33. The van der Waals surface area contributed by atoms with E-state index in [1.165, 1.54) is 0 Å². The van der Waals surface area contributed by atoms with Gasteiger partial charge in [-0.05, 0) is 38.4 Å². The Labute approximate surface area is 144 Å². The topological polar surface area (TPSA) is 50.8 Å². The summed E-state index contributed by atoms with van der Waals surface area (Å²) in [4.78, 5) is 14.9. The lowest BCUT2D eigenvalue weighted by Gasteiger charge is -2.28. The third-order valence-electron chi connectivity index (χ3n) is 4.20. The molecule has 6 heteroatoms. The standard InChI is InChI=1S/C17H26N2O3.ClH/c1-5-8-19(14-6-7-18-11-14)17(20)13-9-15(21-3)12(2)16(10-13)22-4;/h9-10,14,18H,5-8,11H2,1-4H3;1H. The van der Waals surface area contributed by atoms with E-state index >= 15 is 0 Å². The molecule has 0 spiro atoms. The Morgan fingerprint density at radius 3 is 2.35 bits per heavy atom. The molecule has 130 valence electrons. The second kappa shape index (κ2) is 8.99. The number of methoxy groups -OCH3 is 2. The number of amides is 1. The molecule has 1 aromatic carbocycles. The van der Waals surface area contributed by atoms with Crippen molar-refractivity contribution in [2.45, 2.75) is 32.7 Å². The highest BCUT2D eigenvalue weighted by Gasteiger charge is 2.27. The van der Waals surface area contributed by atoms with Gasteiger partial charge in [-0.15, -0.1) is 12.4 Å². The lowest BCUT2D eigenvalue weighted by atomic mass is 10.1. The highest BCUT2D eigenvalue weighted by molar-refractivity contribution is 5.95. The SMILES string of the molecule is CCCN(C(=O)c1cc(OC)c(C)c(OC)c1)C1CCNC1.Cl.